The zero-order valence-corrected chi connectivity index (χ0v) is 15.0. The first kappa shape index (κ1) is 17.6. The lowest BCUT2D eigenvalue weighted by Crippen LogP contribution is -2.49. The fourth-order valence-electron chi connectivity index (χ4n) is 3.58. The topological polar surface area (TPSA) is 61.9 Å². The van der Waals surface area contributed by atoms with Crippen molar-refractivity contribution in [3.8, 4) is 5.75 Å². The van der Waals surface area contributed by atoms with Crippen molar-refractivity contribution in [2.45, 2.75) is 39.2 Å². The summed E-state index contributed by atoms with van der Waals surface area (Å²) in [5.41, 5.74) is 0.844. The van der Waals surface area contributed by atoms with Crippen LogP contribution in [0, 0.1) is 5.92 Å². The van der Waals surface area contributed by atoms with Crippen LogP contribution in [-0.2, 0) is 4.79 Å². The van der Waals surface area contributed by atoms with Crippen LogP contribution in [0.5, 0.6) is 5.75 Å². The Morgan fingerprint density at radius 3 is 2.72 bits per heavy atom. The number of ether oxygens (including phenoxy) is 1. The van der Waals surface area contributed by atoms with Crippen LogP contribution in [0.1, 0.15) is 33.1 Å². The first-order valence-electron chi connectivity index (χ1n) is 9.15. The molecule has 0 spiro atoms. The Labute approximate surface area is 149 Å². The second kappa shape index (κ2) is 7.76. The number of urea groups is 1. The van der Waals surface area contributed by atoms with E-state index in [0.29, 0.717) is 25.5 Å². The summed E-state index contributed by atoms with van der Waals surface area (Å²) in [6.45, 7) is 6.85. The first-order chi connectivity index (χ1) is 12.1. The van der Waals surface area contributed by atoms with Crippen molar-refractivity contribution in [3.05, 3.63) is 24.3 Å². The van der Waals surface area contributed by atoms with E-state index in [1.54, 1.807) is 4.90 Å². The van der Waals surface area contributed by atoms with Crippen LogP contribution in [0.15, 0.2) is 24.3 Å². The number of rotatable bonds is 4. The molecule has 2 heterocycles. The van der Waals surface area contributed by atoms with Gasteiger partial charge in [0.05, 0.1) is 12.6 Å². The molecule has 0 radical (unpaired) electrons. The molecule has 0 aliphatic carbocycles. The SMILES string of the molecule is CCOc1ccc(N2C[C@@H](NC(=O)N3CCC[C@H](C)C3)CC2=O)cc1. The molecule has 2 aliphatic heterocycles. The van der Waals surface area contributed by atoms with Gasteiger partial charge in [0.25, 0.3) is 0 Å². The van der Waals surface area contributed by atoms with Crippen molar-refractivity contribution in [2.75, 3.05) is 31.1 Å². The molecule has 0 aromatic heterocycles. The van der Waals surface area contributed by atoms with E-state index in [4.69, 9.17) is 4.74 Å². The zero-order valence-electron chi connectivity index (χ0n) is 15.0. The lowest BCUT2D eigenvalue weighted by atomic mass is 10.0. The van der Waals surface area contributed by atoms with Crippen molar-refractivity contribution in [2.24, 2.45) is 5.92 Å². The van der Waals surface area contributed by atoms with Crippen molar-refractivity contribution >= 4 is 17.6 Å². The lowest BCUT2D eigenvalue weighted by Gasteiger charge is -2.31. The highest BCUT2D eigenvalue weighted by atomic mass is 16.5. The number of carbonyl (C=O) groups is 2. The van der Waals surface area contributed by atoms with Crippen LogP contribution < -0.4 is 15.0 Å². The van der Waals surface area contributed by atoms with Gasteiger partial charge >= 0.3 is 6.03 Å². The Kier molecular flexibility index (Phi) is 5.46. The number of piperidine rings is 1. The van der Waals surface area contributed by atoms with Crippen molar-refractivity contribution in [3.63, 3.8) is 0 Å². The molecule has 1 aromatic rings. The maximum Gasteiger partial charge on any atom is 0.317 e. The minimum absolute atomic E-state index is 0.0430. The fourth-order valence-corrected chi connectivity index (χ4v) is 3.58. The van der Waals surface area contributed by atoms with Crippen LogP contribution in [-0.4, -0.2) is 49.1 Å². The van der Waals surface area contributed by atoms with Gasteiger partial charge in [-0.2, -0.15) is 0 Å². The van der Waals surface area contributed by atoms with Gasteiger partial charge in [-0.25, -0.2) is 4.79 Å². The molecular weight excluding hydrogens is 318 g/mol. The summed E-state index contributed by atoms with van der Waals surface area (Å²) >= 11 is 0. The highest BCUT2D eigenvalue weighted by Crippen LogP contribution is 2.24. The number of amides is 3. The third-order valence-electron chi connectivity index (χ3n) is 4.86. The number of likely N-dealkylation sites (tertiary alicyclic amines) is 1. The quantitative estimate of drug-likeness (QED) is 0.912. The van der Waals surface area contributed by atoms with E-state index in [1.807, 2.05) is 36.1 Å². The summed E-state index contributed by atoms with van der Waals surface area (Å²) in [6.07, 6.45) is 2.58. The molecular formula is C19H27N3O3. The minimum atomic E-state index is -0.135. The van der Waals surface area contributed by atoms with Gasteiger partial charge in [-0.05, 0) is 49.9 Å². The molecule has 2 fully saturated rings. The van der Waals surface area contributed by atoms with Crippen molar-refractivity contribution in [1.82, 2.24) is 10.2 Å². The maximum atomic E-state index is 12.4. The molecule has 2 aliphatic rings. The van der Waals surface area contributed by atoms with Gasteiger partial charge in [-0.15, -0.1) is 0 Å². The van der Waals surface area contributed by atoms with Crippen LogP contribution in [0.25, 0.3) is 0 Å². The van der Waals surface area contributed by atoms with Crippen LogP contribution in [0.2, 0.25) is 0 Å². The van der Waals surface area contributed by atoms with E-state index in [2.05, 4.69) is 12.2 Å². The molecule has 1 aromatic carbocycles. The molecule has 3 amide bonds. The molecule has 2 atom stereocenters. The molecule has 136 valence electrons. The van der Waals surface area contributed by atoms with E-state index < -0.39 is 0 Å². The smallest absolute Gasteiger partial charge is 0.317 e. The number of nitrogens with one attached hydrogen (secondary N) is 1. The minimum Gasteiger partial charge on any atom is -0.494 e. The maximum absolute atomic E-state index is 12.4. The molecule has 0 saturated carbocycles. The number of nitrogens with zero attached hydrogens (tertiary/aromatic N) is 2. The van der Waals surface area contributed by atoms with Gasteiger partial charge in [0.2, 0.25) is 5.91 Å². The Balaban J connectivity index is 1.57. The Hall–Kier alpha value is -2.24. The molecule has 3 rings (SSSR count). The van der Waals surface area contributed by atoms with Gasteiger partial charge in [0, 0.05) is 31.7 Å². The van der Waals surface area contributed by atoms with Gasteiger partial charge in [0.1, 0.15) is 5.75 Å². The number of hydrogen-bond donors (Lipinski definition) is 1. The predicted molar refractivity (Wildman–Crippen MR) is 96.9 cm³/mol. The Morgan fingerprint density at radius 1 is 1.28 bits per heavy atom. The molecule has 6 heteroatoms. The van der Waals surface area contributed by atoms with E-state index in [-0.39, 0.29) is 18.0 Å². The summed E-state index contributed by atoms with van der Waals surface area (Å²) in [5, 5.41) is 3.03. The summed E-state index contributed by atoms with van der Waals surface area (Å²) in [4.78, 5) is 28.4. The molecule has 0 unspecified atom stereocenters. The van der Waals surface area contributed by atoms with Crippen molar-refractivity contribution < 1.29 is 14.3 Å². The van der Waals surface area contributed by atoms with Gasteiger partial charge in [-0.3, -0.25) is 4.79 Å². The normalized spacial score (nSPS) is 23.7. The van der Waals surface area contributed by atoms with E-state index >= 15 is 0 Å². The number of carbonyl (C=O) groups excluding carboxylic acids is 2. The number of benzene rings is 1. The molecule has 2 saturated heterocycles. The molecule has 25 heavy (non-hydrogen) atoms. The predicted octanol–water partition coefficient (Wildman–Crippen LogP) is 2.63. The first-order valence-corrected chi connectivity index (χ1v) is 9.15. The van der Waals surface area contributed by atoms with E-state index in [9.17, 15) is 9.59 Å². The molecule has 6 nitrogen and oxygen atoms in total. The third-order valence-corrected chi connectivity index (χ3v) is 4.86. The molecule has 1 N–H and O–H groups in total. The second-order valence-corrected chi connectivity index (χ2v) is 6.98. The fraction of sp³-hybridized carbons (Fsp3) is 0.579. The van der Waals surface area contributed by atoms with Gasteiger partial charge in [-0.1, -0.05) is 6.92 Å². The van der Waals surface area contributed by atoms with E-state index in [0.717, 1.165) is 30.9 Å². The standard InChI is InChI=1S/C19H27N3O3/c1-3-25-17-8-6-16(7-9-17)22-13-15(11-18(22)23)20-19(24)21-10-4-5-14(2)12-21/h6-9,14-15H,3-5,10-13H2,1-2H3,(H,20,24)/t14-,15-/m0/s1. The zero-order chi connectivity index (χ0) is 17.8. The molecule has 0 bridgehead atoms. The largest absolute Gasteiger partial charge is 0.494 e. The monoisotopic (exact) mass is 345 g/mol. The van der Waals surface area contributed by atoms with Gasteiger partial charge < -0.3 is 19.9 Å². The van der Waals surface area contributed by atoms with E-state index in [1.165, 1.54) is 6.42 Å². The average molecular weight is 345 g/mol. The Morgan fingerprint density at radius 2 is 2.04 bits per heavy atom. The Bertz CT molecular complexity index is 617. The number of anilines is 1. The van der Waals surface area contributed by atoms with Gasteiger partial charge in [0.15, 0.2) is 0 Å². The average Bonchev–Trinajstić information content (AvgIpc) is 2.96. The van der Waals surface area contributed by atoms with Crippen LogP contribution in [0.3, 0.4) is 0 Å². The van der Waals surface area contributed by atoms with Crippen molar-refractivity contribution in [1.29, 1.82) is 0 Å². The van der Waals surface area contributed by atoms with Crippen LogP contribution in [0.4, 0.5) is 10.5 Å². The highest BCUT2D eigenvalue weighted by Gasteiger charge is 2.33. The van der Waals surface area contributed by atoms with Crippen LogP contribution >= 0.6 is 0 Å². The summed E-state index contributed by atoms with van der Waals surface area (Å²) in [6, 6.07) is 7.33. The third kappa shape index (κ3) is 4.24. The number of hydrogen-bond acceptors (Lipinski definition) is 3. The summed E-state index contributed by atoms with van der Waals surface area (Å²) in [5.74, 6) is 1.38. The summed E-state index contributed by atoms with van der Waals surface area (Å²) < 4.78 is 5.43. The lowest BCUT2D eigenvalue weighted by molar-refractivity contribution is -0.117. The highest BCUT2D eigenvalue weighted by molar-refractivity contribution is 5.96. The summed E-state index contributed by atoms with van der Waals surface area (Å²) in [7, 11) is 0. The second-order valence-electron chi connectivity index (χ2n) is 6.98.